The van der Waals surface area contributed by atoms with Gasteiger partial charge in [-0.25, -0.2) is 17.9 Å². The second-order valence-electron chi connectivity index (χ2n) is 11.9. The van der Waals surface area contributed by atoms with Crippen molar-refractivity contribution < 1.29 is 18.1 Å². The summed E-state index contributed by atoms with van der Waals surface area (Å²) in [6.07, 6.45) is 4.90. The highest BCUT2D eigenvalue weighted by molar-refractivity contribution is 7.89. The first kappa shape index (κ1) is 32.3. The molecule has 3 unspecified atom stereocenters. The van der Waals surface area contributed by atoms with E-state index in [0.717, 1.165) is 50.9 Å². The molecule has 238 valence electrons. The molecule has 10 nitrogen and oxygen atoms in total. The lowest BCUT2D eigenvalue weighted by Crippen LogP contribution is -2.51. The minimum Gasteiger partial charge on any atom is -0.334 e. The number of nitrogens with zero attached hydrogens (tertiary/aromatic N) is 3. The molecule has 1 aliphatic heterocycles. The molecule has 1 aliphatic carbocycles. The Balaban J connectivity index is 1.18. The zero-order valence-electron chi connectivity index (χ0n) is 25.3. The smallest absolute Gasteiger partial charge is 0.318 e. The van der Waals surface area contributed by atoms with Crippen molar-refractivity contribution >= 4 is 21.7 Å². The van der Waals surface area contributed by atoms with Gasteiger partial charge in [-0.15, -0.1) is 6.58 Å². The average molecular weight is 632 g/mol. The van der Waals surface area contributed by atoms with Gasteiger partial charge in [-0.05, 0) is 60.8 Å². The van der Waals surface area contributed by atoms with Crippen molar-refractivity contribution in [1.29, 1.82) is 0 Å². The van der Waals surface area contributed by atoms with E-state index in [1.807, 2.05) is 29.2 Å². The third kappa shape index (κ3) is 8.36. The van der Waals surface area contributed by atoms with Crippen LogP contribution in [0, 0.1) is 16.0 Å². The topological polar surface area (TPSA) is 125 Å². The van der Waals surface area contributed by atoms with Crippen molar-refractivity contribution in [1.82, 2.24) is 19.8 Å². The molecule has 3 aromatic rings. The molecule has 5 rings (SSSR count). The van der Waals surface area contributed by atoms with Crippen LogP contribution in [0.25, 0.3) is 0 Å². The summed E-state index contributed by atoms with van der Waals surface area (Å²) < 4.78 is 29.2. The van der Waals surface area contributed by atoms with Gasteiger partial charge in [0.1, 0.15) is 0 Å². The van der Waals surface area contributed by atoms with Gasteiger partial charge in [0.25, 0.3) is 5.69 Å². The van der Waals surface area contributed by atoms with Crippen LogP contribution in [0.15, 0.2) is 102 Å². The number of nitrogens with one attached hydrogen (secondary N) is 2. The first-order valence-electron chi connectivity index (χ1n) is 15.5. The van der Waals surface area contributed by atoms with Crippen molar-refractivity contribution in [2.45, 2.75) is 55.1 Å². The number of piperidine rings is 1. The van der Waals surface area contributed by atoms with Gasteiger partial charge in [0.15, 0.2) is 0 Å². The Bertz CT molecular complexity index is 1540. The normalized spacial score (nSPS) is 20.8. The molecule has 2 aliphatic rings. The summed E-state index contributed by atoms with van der Waals surface area (Å²) in [6, 6.07) is 24.8. The number of hydrogen-bond acceptors (Lipinski definition) is 6. The maximum Gasteiger partial charge on any atom is 0.318 e. The van der Waals surface area contributed by atoms with E-state index in [1.54, 1.807) is 42.5 Å². The standard InChI is InChI=1S/C34H41N5O5S/c1-2-19-38(34(40)35-24-26-13-15-31(16-14-26)39(41)42)30-17-20-37(21-18-30)25-28-22-29(23-33(28)27-9-5-3-6-10-27)36-45(43,44)32-11-7-4-8-12-32/h2-16,28-30,33,36H,1,17-25H2,(H,35,40). The van der Waals surface area contributed by atoms with Crippen LogP contribution in [0.3, 0.4) is 0 Å². The highest BCUT2D eigenvalue weighted by atomic mass is 32.2. The number of amides is 2. The molecule has 11 heteroatoms. The summed E-state index contributed by atoms with van der Waals surface area (Å²) in [6.45, 7) is 7.10. The van der Waals surface area contributed by atoms with Crippen LogP contribution in [0.1, 0.15) is 42.7 Å². The van der Waals surface area contributed by atoms with E-state index < -0.39 is 14.9 Å². The van der Waals surface area contributed by atoms with Gasteiger partial charge >= 0.3 is 6.03 Å². The number of carbonyl (C=O) groups excluding carboxylic acids is 1. The van der Waals surface area contributed by atoms with Crippen molar-refractivity contribution in [3.63, 3.8) is 0 Å². The van der Waals surface area contributed by atoms with E-state index in [9.17, 15) is 23.3 Å². The van der Waals surface area contributed by atoms with Crippen molar-refractivity contribution in [2.75, 3.05) is 26.2 Å². The minimum absolute atomic E-state index is 0.0156. The molecule has 2 N–H and O–H groups in total. The van der Waals surface area contributed by atoms with E-state index in [4.69, 9.17) is 0 Å². The Kier molecular flexibility index (Phi) is 10.6. The maximum atomic E-state index is 13.2. The zero-order valence-corrected chi connectivity index (χ0v) is 26.1. The minimum atomic E-state index is -3.61. The number of nitro groups is 1. The largest absolute Gasteiger partial charge is 0.334 e. The molecule has 3 aromatic carbocycles. The fourth-order valence-corrected chi connectivity index (χ4v) is 8.00. The number of urea groups is 1. The fraction of sp³-hybridized carbons (Fsp3) is 0.382. The number of rotatable bonds is 12. The molecule has 3 atom stereocenters. The third-order valence-electron chi connectivity index (χ3n) is 8.97. The monoisotopic (exact) mass is 631 g/mol. The average Bonchev–Trinajstić information content (AvgIpc) is 3.45. The van der Waals surface area contributed by atoms with Crippen molar-refractivity contribution in [3.05, 3.63) is 119 Å². The number of non-ortho nitro benzene ring substituents is 1. The molecular formula is C34H41N5O5S. The number of nitro benzene ring substituents is 1. The number of sulfonamides is 1. The van der Waals surface area contributed by atoms with Crippen LogP contribution in [-0.2, 0) is 16.6 Å². The lowest BCUT2D eigenvalue weighted by Gasteiger charge is -2.39. The summed E-state index contributed by atoms with van der Waals surface area (Å²) in [5.41, 5.74) is 2.04. The molecule has 0 aromatic heterocycles. The van der Waals surface area contributed by atoms with E-state index in [-0.39, 0.29) is 41.2 Å². The molecular weight excluding hydrogens is 590 g/mol. The van der Waals surface area contributed by atoms with E-state index >= 15 is 0 Å². The molecule has 1 heterocycles. The van der Waals surface area contributed by atoms with Crippen LogP contribution in [0.5, 0.6) is 0 Å². The molecule has 45 heavy (non-hydrogen) atoms. The number of carbonyl (C=O) groups is 1. The van der Waals surface area contributed by atoms with Gasteiger partial charge in [-0.3, -0.25) is 10.1 Å². The summed E-state index contributed by atoms with van der Waals surface area (Å²) >= 11 is 0. The lowest BCUT2D eigenvalue weighted by atomic mass is 9.88. The second-order valence-corrected chi connectivity index (χ2v) is 13.6. The summed E-state index contributed by atoms with van der Waals surface area (Å²) in [4.78, 5) is 28.2. The molecule has 0 radical (unpaired) electrons. The third-order valence-corrected chi connectivity index (χ3v) is 10.5. The zero-order chi connectivity index (χ0) is 31.8. The Morgan fingerprint density at radius 3 is 2.24 bits per heavy atom. The Hall–Kier alpha value is -4.06. The highest BCUT2D eigenvalue weighted by Crippen LogP contribution is 2.41. The van der Waals surface area contributed by atoms with Gasteiger partial charge in [0, 0.05) is 56.9 Å². The van der Waals surface area contributed by atoms with Crippen molar-refractivity contribution in [3.8, 4) is 0 Å². The summed E-state index contributed by atoms with van der Waals surface area (Å²) in [5.74, 6) is 0.538. The maximum absolute atomic E-state index is 13.2. The number of benzene rings is 3. The van der Waals surface area contributed by atoms with Crippen LogP contribution in [-0.4, -0.2) is 67.4 Å². The predicted octanol–water partition coefficient (Wildman–Crippen LogP) is 5.30. The lowest BCUT2D eigenvalue weighted by molar-refractivity contribution is -0.384. The first-order chi connectivity index (χ1) is 21.7. The van der Waals surface area contributed by atoms with Gasteiger partial charge in [-0.2, -0.15) is 0 Å². The molecule has 2 fully saturated rings. The summed E-state index contributed by atoms with van der Waals surface area (Å²) in [7, 11) is -3.61. The molecule has 0 spiro atoms. The van der Waals surface area contributed by atoms with Gasteiger partial charge < -0.3 is 15.1 Å². The number of likely N-dealkylation sites (tertiary alicyclic amines) is 1. The van der Waals surface area contributed by atoms with Crippen LogP contribution in [0.2, 0.25) is 0 Å². The van der Waals surface area contributed by atoms with E-state index in [0.29, 0.717) is 12.5 Å². The summed E-state index contributed by atoms with van der Waals surface area (Å²) in [5, 5.41) is 13.9. The van der Waals surface area contributed by atoms with E-state index in [1.165, 1.54) is 17.7 Å². The number of hydrogen-bond donors (Lipinski definition) is 2. The SMILES string of the molecule is C=CCN(C(=O)NCc1ccc([N+](=O)[O-])cc1)C1CCN(CC2CC(NS(=O)(=O)c3ccccc3)CC2c2ccccc2)CC1. The highest BCUT2D eigenvalue weighted by Gasteiger charge is 2.39. The van der Waals surface area contributed by atoms with Gasteiger partial charge in [0.05, 0.1) is 9.82 Å². The molecule has 2 amide bonds. The quantitative estimate of drug-likeness (QED) is 0.159. The van der Waals surface area contributed by atoms with E-state index in [2.05, 4.69) is 33.7 Å². The van der Waals surface area contributed by atoms with Crippen LogP contribution >= 0.6 is 0 Å². The second kappa shape index (κ2) is 14.8. The first-order valence-corrected chi connectivity index (χ1v) is 16.9. The van der Waals surface area contributed by atoms with Crippen molar-refractivity contribution in [2.24, 2.45) is 5.92 Å². The Morgan fingerprint density at radius 2 is 1.62 bits per heavy atom. The van der Waals surface area contributed by atoms with Gasteiger partial charge in [-0.1, -0.05) is 66.7 Å². The van der Waals surface area contributed by atoms with Gasteiger partial charge in [0.2, 0.25) is 10.0 Å². The molecule has 1 saturated carbocycles. The molecule has 1 saturated heterocycles. The Morgan fingerprint density at radius 1 is 0.978 bits per heavy atom. The Labute approximate surface area is 265 Å². The predicted molar refractivity (Wildman–Crippen MR) is 174 cm³/mol. The van der Waals surface area contributed by atoms with Crippen LogP contribution < -0.4 is 10.0 Å². The van der Waals surface area contributed by atoms with Crippen LogP contribution in [0.4, 0.5) is 10.5 Å². The fourth-order valence-electron chi connectivity index (χ4n) is 6.72. The molecule has 0 bridgehead atoms.